The molecule has 0 aromatic heterocycles. The molecule has 0 spiro atoms. The first-order chi connectivity index (χ1) is 21.1. The first-order valence-electron chi connectivity index (χ1n) is 15.2. The summed E-state index contributed by atoms with van der Waals surface area (Å²) < 4.78 is 0. The number of hydrogen-bond acceptors (Lipinski definition) is 0. The van der Waals surface area contributed by atoms with Gasteiger partial charge in [0.05, 0.1) is 0 Å². The first kappa shape index (κ1) is 24.4. The molecule has 9 rings (SSSR count). The van der Waals surface area contributed by atoms with Crippen molar-refractivity contribution >= 4 is 43.1 Å². The lowest BCUT2D eigenvalue weighted by atomic mass is 9.81. The summed E-state index contributed by atoms with van der Waals surface area (Å²) in [5.74, 6) is 0. The molecule has 0 atom stereocenters. The van der Waals surface area contributed by atoms with Crippen molar-refractivity contribution in [1.29, 1.82) is 0 Å². The van der Waals surface area contributed by atoms with Crippen molar-refractivity contribution in [3.63, 3.8) is 0 Å². The van der Waals surface area contributed by atoms with Crippen LogP contribution in [0.1, 0.15) is 25.0 Å². The molecule has 0 heterocycles. The van der Waals surface area contributed by atoms with Gasteiger partial charge in [-0.2, -0.15) is 0 Å². The van der Waals surface area contributed by atoms with Crippen LogP contribution in [-0.2, 0) is 5.41 Å². The highest BCUT2D eigenvalue weighted by Gasteiger charge is 2.35. The van der Waals surface area contributed by atoms with Crippen molar-refractivity contribution < 1.29 is 0 Å². The molecule has 0 unspecified atom stereocenters. The fourth-order valence-corrected chi connectivity index (χ4v) is 7.60. The second-order valence-electron chi connectivity index (χ2n) is 12.6. The smallest absolute Gasteiger partial charge is 0.0159 e. The molecule has 0 radical (unpaired) electrons. The van der Waals surface area contributed by atoms with Gasteiger partial charge in [-0.25, -0.2) is 0 Å². The summed E-state index contributed by atoms with van der Waals surface area (Å²) >= 11 is 0. The van der Waals surface area contributed by atoms with Crippen LogP contribution in [0.3, 0.4) is 0 Å². The number of hydrogen-bond donors (Lipinski definition) is 0. The van der Waals surface area contributed by atoms with Gasteiger partial charge < -0.3 is 0 Å². The average molecular weight is 547 g/mol. The molecule has 0 N–H and O–H groups in total. The third-order valence-electron chi connectivity index (χ3n) is 9.82. The molecule has 0 aliphatic heterocycles. The van der Waals surface area contributed by atoms with Crippen LogP contribution >= 0.6 is 0 Å². The highest BCUT2D eigenvalue weighted by Crippen LogP contribution is 2.49. The lowest BCUT2D eigenvalue weighted by Gasteiger charge is -2.22. The van der Waals surface area contributed by atoms with E-state index in [1.165, 1.54) is 87.6 Å². The van der Waals surface area contributed by atoms with Gasteiger partial charge in [-0.15, -0.1) is 0 Å². The van der Waals surface area contributed by atoms with Crippen LogP contribution in [-0.4, -0.2) is 0 Å². The number of rotatable bonds is 2. The van der Waals surface area contributed by atoms with Crippen LogP contribution in [0.15, 0.2) is 146 Å². The fourth-order valence-electron chi connectivity index (χ4n) is 7.60. The van der Waals surface area contributed by atoms with Gasteiger partial charge in [0.1, 0.15) is 0 Å². The normalized spacial score (nSPS) is 13.5. The molecule has 0 nitrogen and oxygen atoms in total. The molecule has 0 amide bonds. The molecular weight excluding hydrogens is 516 g/mol. The van der Waals surface area contributed by atoms with Gasteiger partial charge in [-0.05, 0) is 112 Å². The summed E-state index contributed by atoms with van der Waals surface area (Å²) in [5, 5.41) is 10.3. The largest absolute Gasteiger partial charge is 0.0619 e. The monoisotopic (exact) mass is 546 g/mol. The Balaban J connectivity index is 1.21. The molecular formula is C43H30. The Labute approximate surface area is 251 Å². The van der Waals surface area contributed by atoms with E-state index in [-0.39, 0.29) is 5.41 Å². The lowest BCUT2D eigenvalue weighted by Crippen LogP contribution is -2.14. The van der Waals surface area contributed by atoms with Crippen LogP contribution < -0.4 is 0 Å². The number of benzene rings is 8. The van der Waals surface area contributed by atoms with Crippen LogP contribution in [0, 0.1) is 0 Å². The molecule has 0 saturated heterocycles. The van der Waals surface area contributed by atoms with Gasteiger partial charge in [0, 0.05) is 5.41 Å². The average Bonchev–Trinajstić information content (AvgIpc) is 3.29. The van der Waals surface area contributed by atoms with Gasteiger partial charge in [-0.3, -0.25) is 0 Å². The van der Waals surface area contributed by atoms with E-state index in [0.717, 1.165) is 0 Å². The summed E-state index contributed by atoms with van der Waals surface area (Å²) in [6.07, 6.45) is 0. The second kappa shape index (κ2) is 8.90. The minimum atomic E-state index is -0.00332. The Hall–Kier alpha value is -5.20. The molecule has 202 valence electrons. The van der Waals surface area contributed by atoms with Crippen LogP contribution in [0.2, 0.25) is 0 Å². The van der Waals surface area contributed by atoms with E-state index < -0.39 is 0 Å². The summed E-state index contributed by atoms with van der Waals surface area (Å²) in [7, 11) is 0. The topological polar surface area (TPSA) is 0 Å². The highest BCUT2D eigenvalue weighted by molar-refractivity contribution is 6.23. The van der Waals surface area contributed by atoms with E-state index in [4.69, 9.17) is 0 Å². The van der Waals surface area contributed by atoms with Gasteiger partial charge >= 0.3 is 0 Å². The van der Waals surface area contributed by atoms with Crippen molar-refractivity contribution in [2.45, 2.75) is 19.3 Å². The van der Waals surface area contributed by atoms with E-state index in [1.807, 2.05) is 0 Å². The van der Waals surface area contributed by atoms with Gasteiger partial charge in [0.2, 0.25) is 0 Å². The van der Waals surface area contributed by atoms with E-state index in [9.17, 15) is 0 Å². The van der Waals surface area contributed by atoms with E-state index in [1.54, 1.807) is 0 Å². The second-order valence-corrected chi connectivity index (χ2v) is 12.6. The Morgan fingerprint density at radius 1 is 0.349 bits per heavy atom. The predicted octanol–water partition coefficient (Wildman–Crippen LogP) is 11.9. The lowest BCUT2D eigenvalue weighted by molar-refractivity contribution is 0.660. The molecule has 0 saturated carbocycles. The fraction of sp³-hybridized carbons (Fsp3) is 0.0698. The van der Waals surface area contributed by atoms with Crippen molar-refractivity contribution in [3.8, 4) is 33.4 Å². The molecule has 43 heavy (non-hydrogen) atoms. The number of fused-ring (bicyclic) bond motifs is 9. The molecule has 1 aliphatic carbocycles. The summed E-state index contributed by atoms with van der Waals surface area (Å²) in [5.41, 5.74) is 10.6. The molecule has 0 heteroatoms. The summed E-state index contributed by atoms with van der Waals surface area (Å²) in [4.78, 5) is 0. The SMILES string of the molecule is CC1(C)c2ccccc2-c2ccc(-c3ccc4c(ccc5cc(-c6ccc7ccccc7c6)c6ccccc6c54)c3)cc21. The van der Waals surface area contributed by atoms with Crippen molar-refractivity contribution in [2.24, 2.45) is 0 Å². The van der Waals surface area contributed by atoms with Gasteiger partial charge in [0.25, 0.3) is 0 Å². The van der Waals surface area contributed by atoms with Crippen molar-refractivity contribution in [1.82, 2.24) is 0 Å². The maximum absolute atomic E-state index is 2.42. The van der Waals surface area contributed by atoms with Crippen LogP contribution in [0.25, 0.3) is 76.5 Å². The minimum absolute atomic E-state index is 0.00332. The highest BCUT2D eigenvalue weighted by atomic mass is 14.4. The third kappa shape index (κ3) is 3.57. The minimum Gasteiger partial charge on any atom is -0.0619 e. The Morgan fingerprint density at radius 2 is 0.977 bits per heavy atom. The van der Waals surface area contributed by atoms with Crippen molar-refractivity contribution in [2.75, 3.05) is 0 Å². The molecule has 1 aliphatic rings. The Kier molecular flexibility index (Phi) is 5.05. The quantitative estimate of drug-likeness (QED) is 0.189. The third-order valence-corrected chi connectivity index (χ3v) is 9.82. The molecule has 0 bridgehead atoms. The molecule has 0 fully saturated rings. The van der Waals surface area contributed by atoms with Crippen LogP contribution in [0.5, 0.6) is 0 Å². The summed E-state index contributed by atoms with van der Waals surface area (Å²) in [6, 6.07) is 54.2. The maximum Gasteiger partial charge on any atom is 0.0159 e. The molecule has 8 aromatic carbocycles. The van der Waals surface area contributed by atoms with Crippen molar-refractivity contribution in [3.05, 3.63) is 157 Å². The summed E-state index contributed by atoms with van der Waals surface area (Å²) in [6.45, 7) is 4.70. The zero-order valence-electron chi connectivity index (χ0n) is 24.4. The maximum atomic E-state index is 2.42. The zero-order chi connectivity index (χ0) is 28.7. The van der Waals surface area contributed by atoms with E-state index >= 15 is 0 Å². The zero-order valence-corrected chi connectivity index (χ0v) is 24.4. The predicted molar refractivity (Wildman–Crippen MR) is 185 cm³/mol. The van der Waals surface area contributed by atoms with Gasteiger partial charge in [0.15, 0.2) is 0 Å². The first-order valence-corrected chi connectivity index (χ1v) is 15.2. The Bertz CT molecular complexity index is 2420. The molecule has 8 aromatic rings. The Morgan fingerprint density at radius 3 is 1.88 bits per heavy atom. The van der Waals surface area contributed by atoms with Crippen LogP contribution in [0.4, 0.5) is 0 Å². The van der Waals surface area contributed by atoms with E-state index in [0.29, 0.717) is 0 Å². The van der Waals surface area contributed by atoms with Gasteiger partial charge in [-0.1, -0.05) is 135 Å². The van der Waals surface area contributed by atoms with E-state index in [2.05, 4.69) is 159 Å². The standard InChI is InChI=1S/C43H30/c1-43(2)40-14-8-7-12-36(40)37-22-20-30(26-41(37)43)29-19-21-34-31(24-29)17-18-33-25-39(35-11-5-6-13-38(35)42(33)34)32-16-15-27-9-3-4-10-28(27)23-32/h3-26H,1-2H3.